The summed E-state index contributed by atoms with van der Waals surface area (Å²) in [4.78, 5) is 40.4. The van der Waals surface area contributed by atoms with Crippen LogP contribution >= 0.6 is 0 Å². The summed E-state index contributed by atoms with van der Waals surface area (Å²) in [5.41, 5.74) is 5.42. The molecule has 1 aromatic heterocycles. The number of aromatic hydroxyl groups is 2. The van der Waals surface area contributed by atoms with E-state index in [4.69, 9.17) is 9.47 Å². The lowest BCUT2D eigenvalue weighted by Crippen LogP contribution is -2.47. The third-order valence-corrected chi connectivity index (χ3v) is 18.7. The number of methoxy groups -OCH3 is 1. The van der Waals surface area contributed by atoms with Gasteiger partial charge in [0.25, 0.3) is 5.92 Å². The maximum absolute atomic E-state index is 15.4. The number of anilines is 1. The number of phenolic OH excluding ortho intramolecular Hbond substituents is 2. The summed E-state index contributed by atoms with van der Waals surface area (Å²) in [7, 11) is 1.59. The van der Waals surface area contributed by atoms with Gasteiger partial charge in [-0.05, 0) is 189 Å². The summed E-state index contributed by atoms with van der Waals surface area (Å²) in [5, 5.41) is 31.2. The maximum atomic E-state index is 15.4. The molecule has 5 fully saturated rings. The Hall–Kier alpha value is -5.04. The topological polar surface area (TPSA) is 154 Å². The Labute approximate surface area is 404 Å². The number of H-pyrrole nitrogens is 1. The molecule has 3 aromatic carbocycles. The standard InChI is InChI=1S/C30H35N3O4.C26H35F2NO3/c1-30-11-10-21-22(9-7-17-12-25(34)26(37-2)15-23(17)21)29(30)18(13-27(30)35)4-3-5-28(36)32-20-8-6-19-16-31-33-24(19)14-20;1-25-10-9-21-20-8-6-19(30)15-17(20)5-7-22(21)24(25)18(16-26(25,27)28)3-2-4-23(31)29-11-13-32-14-12-29/h6,8,12,14-16,18,21-22,29,34H,3-5,7,9-11,13H2,1-2H3,(H,31,33)(H,32,36);6,8,15,18,21-22,24,30H,2-5,7,9-14,16H2,1H3/t18-,21-,22+,29-,30+;18-,21+,22+,24-,25-/m00/s1. The lowest BCUT2D eigenvalue weighted by Gasteiger charge is -2.51. The molecular weight excluding hydrogens is 879 g/mol. The number of nitrogens with zero attached hydrogens (tertiary/aromatic N) is 2. The molecule has 4 saturated carbocycles. The van der Waals surface area contributed by atoms with Crippen LogP contribution in [0.15, 0.2) is 54.7 Å². The second kappa shape index (κ2) is 18.9. The number of Topliss-reactive ketones (excluding diaryl/α,β-unsaturated/α-hetero) is 1. The first-order valence-electron chi connectivity index (χ1n) is 25.9. The minimum absolute atomic E-state index is 0.00306. The molecule has 11 rings (SSSR count). The van der Waals surface area contributed by atoms with E-state index in [2.05, 4.69) is 22.4 Å². The van der Waals surface area contributed by atoms with E-state index in [0.29, 0.717) is 106 Å². The smallest absolute Gasteiger partial charge is 0.253 e. The molecule has 7 aliphatic rings. The zero-order chi connectivity index (χ0) is 48.2. The van der Waals surface area contributed by atoms with Crippen LogP contribution in [0.5, 0.6) is 17.2 Å². The Morgan fingerprint density at radius 3 is 2.36 bits per heavy atom. The highest BCUT2D eigenvalue weighted by Gasteiger charge is 2.67. The molecule has 0 unspecified atom stereocenters. The summed E-state index contributed by atoms with van der Waals surface area (Å²) in [6.07, 6.45) is 13.3. The maximum Gasteiger partial charge on any atom is 0.253 e. The number of ketones is 1. The Morgan fingerprint density at radius 2 is 1.58 bits per heavy atom. The molecule has 2 heterocycles. The van der Waals surface area contributed by atoms with Crippen molar-refractivity contribution in [3.8, 4) is 17.2 Å². The first-order chi connectivity index (χ1) is 33.2. The summed E-state index contributed by atoms with van der Waals surface area (Å²) >= 11 is 0. The van der Waals surface area contributed by atoms with Crippen LogP contribution in [0.1, 0.15) is 138 Å². The van der Waals surface area contributed by atoms with Crippen LogP contribution in [-0.2, 0) is 32.0 Å². The van der Waals surface area contributed by atoms with E-state index in [9.17, 15) is 24.6 Å². The number of hydrogen-bond donors (Lipinski definition) is 4. The number of nitrogens with one attached hydrogen (secondary N) is 2. The van der Waals surface area contributed by atoms with Crippen molar-refractivity contribution in [3.05, 3.63) is 77.0 Å². The molecule has 0 radical (unpaired) electrons. The average molecular weight is 949 g/mol. The molecule has 4 N–H and O–H groups in total. The molecule has 13 heteroatoms. The third kappa shape index (κ3) is 8.81. The van der Waals surface area contributed by atoms with Gasteiger partial charge in [0.05, 0.1) is 32.0 Å². The van der Waals surface area contributed by atoms with Crippen LogP contribution < -0.4 is 10.1 Å². The number of carbonyl (C=O) groups excluding carboxylic acids is 3. The van der Waals surface area contributed by atoms with Crippen molar-refractivity contribution in [1.82, 2.24) is 15.1 Å². The molecule has 11 nitrogen and oxygen atoms in total. The first-order valence-corrected chi connectivity index (χ1v) is 25.9. The molecule has 1 saturated heterocycles. The van der Waals surface area contributed by atoms with Gasteiger partial charge in [-0.25, -0.2) is 8.78 Å². The predicted octanol–water partition coefficient (Wildman–Crippen LogP) is 10.9. The van der Waals surface area contributed by atoms with E-state index in [1.54, 1.807) is 19.4 Å². The lowest BCUT2D eigenvalue weighted by atomic mass is 9.53. The van der Waals surface area contributed by atoms with Gasteiger partial charge in [0, 0.05) is 60.7 Å². The number of rotatable bonds is 10. The number of alkyl halides is 2. The van der Waals surface area contributed by atoms with Gasteiger partial charge in [-0.1, -0.05) is 19.9 Å². The van der Waals surface area contributed by atoms with Gasteiger partial charge in [0.1, 0.15) is 11.5 Å². The molecule has 1 aliphatic heterocycles. The van der Waals surface area contributed by atoms with Crippen LogP contribution in [0.4, 0.5) is 14.5 Å². The fraction of sp³-hybridized carbons (Fsp3) is 0.607. The number of aromatic amines is 1. The molecule has 69 heavy (non-hydrogen) atoms. The highest BCUT2D eigenvalue weighted by molar-refractivity contribution is 5.93. The number of morpholine rings is 1. The predicted molar refractivity (Wildman–Crippen MR) is 260 cm³/mol. The van der Waals surface area contributed by atoms with Gasteiger partial charge < -0.3 is 29.9 Å². The van der Waals surface area contributed by atoms with Gasteiger partial charge in [-0.15, -0.1) is 0 Å². The van der Waals surface area contributed by atoms with Crippen LogP contribution in [0, 0.1) is 46.3 Å². The number of carbonyl (C=O) groups is 3. The zero-order valence-electron chi connectivity index (χ0n) is 40.5. The molecular formula is C56H70F2N4O7. The normalized spacial score (nSPS) is 31.8. The minimum Gasteiger partial charge on any atom is -0.508 e. The average Bonchev–Trinajstić information content (AvgIpc) is 3.97. The van der Waals surface area contributed by atoms with E-state index in [-0.39, 0.29) is 52.9 Å². The highest BCUT2D eigenvalue weighted by atomic mass is 19.3. The number of aromatic nitrogens is 2. The number of amides is 2. The lowest BCUT2D eigenvalue weighted by molar-refractivity contribution is -0.135. The summed E-state index contributed by atoms with van der Waals surface area (Å²) < 4.78 is 41.5. The van der Waals surface area contributed by atoms with Crippen LogP contribution in [0.25, 0.3) is 10.9 Å². The van der Waals surface area contributed by atoms with Crippen LogP contribution in [0.3, 0.4) is 0 Å². The monoisotopic (exact) mass is 949 g/mol. The van der Waals surface area contributed by atoms with E-state index in [1.165, 1.54) is 22.3 Å². The molecule has 4 aromatic rings. The van der Waals surface area contributed by atoms with E-state index in [0.717, 1.165) is 74.4 Å². The van der Waals surface area contributed by atoms with E-state index < -0.39 is 11.3 Å². The van der Waals surface area contributed by atoms with Crippen molar-refractivity contribution >= 4 is 34.2 Å². The number of halogens is 2. The number of hydrogen-bond acceptors (Lipinski definition) is 8. The molecule has 10 atom stereocenters. The van der Waals surface area contributed by atoms with Crippen molar-refractivity contribution in [2.75, 3.05) is 38.7 Å². The first kappa shape index (κ1) is 47.6. The van der Waals surface area contributed by atoms with Crippen molar-refractivity contribution in [3.63, 3.8) is 0 Å². The third-order valence-electron chi connectivity index (χ3n) is 18.7. The molecule has 2 amide bonds. The Bertz CT molecular complexity index is 2580. The van der Waals surface area contributed by atoms with Gasteiger partial charge in [0.2, 0.25) is 11.8 Å². The zero-order valence-corrected chi connectivity index (χ0v) is 40.5. The highest BCUT2D eigenvalue weighted by Crippen LogP contribution is 2.69. The quantitative estimate of drug-likeness (QED) is 0.123. The SMILES string of the molecule is COc1cc2c(cc1O)CC[C@H]1[C@@H]3[C@@H](CCCC(=O)Nc4ccc5cn[nH]c5c4)CC(=O)[C@@]3(C)CC[C@H]21.C[C@]12CC[C@@H]3c4ccc(O)cc4CC[C@H]3[C@@H]1[C@@H](CCCC(=O)N1CCOCC1)CC2(F)F. The van der Waals surface area contributed by atoms with Gasteiger partial charge in [-0.3, -0.25) is 19.5 Å². The van der Waals surface area contributed by atoms with Gasteiger partial charge >= 0.3 is 0 Å². The van der Waals surface area contributed by atoms with Crippen molar-refractivity contribution < 1.29 is 42.9 Å². The Morgan fingerprint density at radius 1 is 0.870 bits per heavy atom. The van der Waals surface area contributed by atoms with Crippen molar-refractivity contribution in [2.24, 2.45) is 46.3 Å². The second-order valence-electron chi connectivity index (χ2n) is 22.2. The van der Waals surface area contributed by atoms with Crippen molar-refractivity contribution in [1.29, 1.82) is 0 Å². The van der Waals surface area contributed by atoms with E-state index >= 15 is 8.78 Å². The number of phenols is 2. The van der Waals surface area contributed by atoms with Gasteiger partial charge in [0.15, 0.2) is 11.5 Å². The molecule has 6 aliphatic carbocycles. The number of ether oxygens (including phenoxy) is 2. The number of benzene rings is 3. The minimum atomic E-state index is -2.64. The fourth-order valence-electron chi connectivity index (χ4n) is 15.4. The molecule has 0 spiro atoms. The fourth-order valence-corrected chi connectivity index (χ4v) is 15.4. The van der Waals surface area contributed by atoms with E-state index in [1.807, 2.05) is 54.3 Å². The van der Waals surface area contributed by atoms with Crippen molar-refractivity contribution in [2.45, 2.75) is 134 Å². The van der Waals surface area contributed by atoms with Crippen LogP contribution in [-0.4, -0.2) is 82.2 Å². The Balaban J connectivity index is 0.000000162. The molecule has 0 bridgehead atoms. The number of aryl methyl sites for hydroxylation is 2. The largest absolute Gasteiger partial charge is 0.508 e. The molecule has 370 valence electrons. The summed E-state index contributed by atoms with van der Waals surface area (Å²) in [6.45, 7) is 6.48. The summed E-state index contributed by atoms with van der Waals surface area (Å²) in [5.74, 6) is 0.983. The van der Waals surface area contributed by atoms with Crippen LogP contribution in [0.2, 0.25) is 0 Å². The second-order valence-corrected chi connectivity index (χ2v) is 22.2. The number of fused-ring (bicyclic) bond motifs is 11. The summed E-state index contributed by atoms with van der Waals surface area (Å²) in [6, 6.07) is 15.3. The van der Waals surface area contributed by atoms with Gasteiger partial charge in [-0.2, -0.15) is 5.10 Å². The Kier molecular flexibility index (Phi) is 13.1.